The van der Waals surface area contributed by atoms with Gasteiger partial charge in [0.2, 0.25) is 0 Å². The molecule has 13 nitrogen and oxygen atoms in total. The third-order valence-electron chi connectivity index (χ3n) is 6.60. The molecule has 222 valence electrons. The van der Waals surface area contributed by atoms with Gasteiger partial charge in [0.1, 0.15) is 48.8 Å². The van der Waals surface area contributed by atoms with E-state index in [-0.39, 0.29) is 12.1 Å². The van der Waals surface area contributed by atoms with Crippen LogP contribution >= 0.6 is 0 Å². The van der Waals surface area contributed by atoms with Gasteiger partial charge in [-0.15, -0.1) is 0 Å². The first-order valence-corrected chi connectivity index (χ1v) is 13.2. The molecule has 13 heteroatoms. The summed E-state index contributed by atoms with van der Waals surface area (Å²) in [4.78, 5) is 11.3. The van der Waals surface area contributed by atoms with Gasteiger partial charge < -0.3 is 59.4 Å². The van der Waals surface area contributed by atoms with E-state index in [0.717, 1.165) is 32.1 Å². The van der Waals surface area contributed by atoms with Crippen molar-refractivity contribution in [3.63, 3.8) is 0 Å². The Morgan fingerprint density at radius 1 is 0.842 bits per heavy atom. The number of aliphatic hydroxyl groups is 7. The van der Waals surface area contributed by atoms with Gasteiger partial charge in [-0.1, -0.05) is 25.3 Å². The minimum absolute atomic E-state index is 0.343. The number of rotatable bonds is 15. The van der Waals surface area contributed by atoms with Crippen molar-refractivity contribution in [1.82, 2.24) is 0 Å². The van der Waals surface area contributed by atoms with E-state index < -0.39 is 74.6 Å². The number of aliphatic hydroxyl groups excluding tert-OH is 7. The zero-order valence-electron chi connectivity index (χ0n) is 21.9. The maximum absolute atomic E-state index is 11.3. The lowest BCUT2D eigenvalue weighted by Crippen LogP contribution is -2.64. The molecule has 11 unspecified atom stereocenters. The molecule has 2 aliphatic heterocycles. The molecule has 0 aromatic carbocycles. The van der Waals surface area contributed by atoms with Crippen LogP contribution in [0.2, 0.25) is 0 Å². The molecule has 11 atom stereocenters. The molecule has 0 amide bonds. The monoisotopic (exact) mass is 552 g/mol. The van der Waals surface area contributed by atoms with Gasteiger partial charge in [-0.3, -0.25) is 0 Å². The molecular formula is C25H44O13. The van der Waals surface area contributed by atoms with Crippen LogP contribution in [0.5, 0.6) is 0 Å². The van der Waals surface area contributed by atoms with E-state index in [1.54, 1.807) is 19.9 Å². The zero-order chi connectivity index (χ0) is 28.2. The molecule has 0 aromatic rings. The summed E-state index contributed by atoms with van der Waals surface area (Å²) >= 11 is 0. The Hall–Kier alpha value is -1.23. The Labute approximate surface area is 222 Å². The Morgan fingerprint density at radius 3 is 2.08 bits per heavy atom. The Bertz CT molecular complexity index is 705. The van der Waals surface area contributed by atoms with Crippen LogP contribution in [-0.4, -0.2) is 129 Å². The first kappa shape index (κ1) is 33.0. The summed E-state index contributed by atoms with van der Waals surface area (Å²) in [6, 6.07) is 0. The predicted molar refractivity (Wildman–Crippen MR) is 130 cm³/mol. The van der Waals surface area contributed by atoms with Crippen LogP contribution in [0.4, 0.5) is 0 Å². The molecule has 0 radical (unpaired) electrons. The lowest BCUT2D eigenvalue weighted by molar-refractivity contribution is -0.371. The number of carbonyl (C=O) groups excluding carboxylic acids is 1. The molecule has 0 bridgehead atoms. The zero-order valence-corrected chi connectivity index (χ0v) is 21.9. The number of esters is 1. The largest absolute Gasteiger partial charge is 0.463 e. The van der Waals surface area contributed by atoms with Crippen molar-refractivity contribution in [2.24, 2.45) is 0 Å². The molecule has 2 aliphatic rings. The summed E-state index contributed by atoms with van der Waals surface area (Å²) in [6.45, 7) is 2.63. The number of ether oxygens (including phenoxy) is 5. The van der Waals surface area contributed by atoms with Gasteiger partial charge in [-0.2, -0.15) is 0 Å². The minimum Gasteiger partial charge on any atom is -0.463 e. The summed E-state index contributed by atoms with van der Waals surface area (Å²) in [7, 11) is 0. The predicted octanol–water partition coefficient (Wildman–Crippen LogP) is -1.52. The van der Waals surface area contributed by atoms with Gasteiger partial charge in [-0.25, -0.2) is 4.79 Å². The van der Waals surface area contributed by atoms with E-state index in [1.165, 1.54) is 6.08 Å². The van der Waals surface area contributed by atoms with Gasteiger partial charge in [0.25, 0.3) is 0 Å². The lowest BCUT2D eigenvalue weighted by atomic mass is 9.97. The van der Waals surface area contributed by atoms with Crippen molar-refractivity contribution in [2.45, 2.75) is 120 Å². The third-order valence-corrected chi connectivity index (χ3v) is 6.60. The van der Waals surface area contributed by atoms with E-state index in [9.17, 15) is 40.5 Å². The Morgan fingerprint density at radius 2 is 1.45 bits per heavy atom. The molecule has 7 N–H and O–H groups in total. The molecule has 0 saturated carbocycles. The van der Waals surface area contributed by atoms with Gasteiger partial charge in [-0.05, 0) is 33.1 Å². The van der Waals surface area contributed by atoms with Crippen LogP contribution in [0.1, 0.15) is 52.4 Å². The summed E-state index contributed by atoms with van der Waals surface area (Å²) in [5.74, 6) is -0.349. The van der Waals surface area contributed by atoms with Crippen molar-refractivity contribution >= 4 is 5.97 Å². The Balaban J connectivity index is 1.89. The van der Waals surface area contributed by atoms with Crippen LogP contribution < -0.4 is 0 Å². The normalized spacial score (nSPS) is 36.9. The van der Waals surface area contributed by atoms with Gasteiger partial charge >= 0.3 is 5.97 Å². The van der Waals surface area contributed by atoms with Crippen molar-refractivity contribution in [2.75, 3.05) is 19.8 Å². The highest BCUT2D eigenvalue weighted by Gasteiger charge is 2.51. The van der Waals surface area contributed by atoms with E-state index in [2.05, 4.69) is 0 Å². The van der Waals surface area contributed by atoms with E-state index in [1.807, 2.05) is 0 Å². The first-order valence-electron chi connectivity index (χ1n) is 13.2. The van der Waals surface area contributed by atoms with Crippen LogP contribution in [0, 0.1) is 0 Å². The van der Waals surface area contributed by atoms with Gasteiger partial charge in [0, 0.05) is 6.08 Å². The standard InChI is InChI=1S/C25H44O13/c1-3-34-17(28)11-9-7-5-4-6-8-10-14(2)35-25-23(21(32)19(30)16(13-27)37-25)38-24-22(33)20(31)18(29)15(12-26)36-24/h9,11,14-16,18-27,29-33H,3-8,10,12-13H2,1-2H3/b11-9+. The first-order chi connectivity index (χ1) is 18.1. The van der Waals surface area contributed by atoms with Crippen molar-refractivity contribution < 1.29 is 64.2 Å². The highest BCUT2D eigenvalue weighted by molar-refractivity contribution is 5.81. The van der Waals surface area contributed by atoms with Gasteiger partial charge in [0.05, 0.1) is 25.9 Å². The highest BCUT2D eigenvalue weighted by atomic mass is 16.8. The van der Waals surface area contributed by atoms with E-state index >= 15 is 0 Å². The minimum atomic E-state index is -1.72. The van der Waals surface area contributed by atoms with E-state index in [4.69, 9.17) is 23.7 Å². The fourth-order valence-electron chi connectivity index (χ4n) is 4.36. The summed E-state index contributed by atoms with van der Waals surface area (Å²) in [5, 5.41) is 70.3. The SMILES string of the molecule is CCOC(=O)/C=C/CCCCCCC(C)OC1OC(CO)C(O)C(O)C1OC1OC(CO)C(O)C(O)C1O. The number of hydrogen-bond acceptors (Lipinski definition) is 13. The fourth-order valence-corrected chi connectivity index (χ4v) is 4.36. The molecule has 2 fully saturated rings. The van der Waals surface area contributed by atoms with Crippen LogP contribution in [0.15, 0.2) is 12.2 Å². The molecule has 2 heterocycles. The maximum atomic E-state index is 11.3. The third kappa shape index (κ3) is 9.45. The second-order valence-electron chi connectivity index (χ2n) is 9.60. The molecule has 2 rings (SSSR count). The molecule has 38 heavy (non-hydrogen) atoms. The molecule has 0 spiro atoms. The van der Waals surface area contributed by atoms with Crippen LogP contribution in [0.25, 0.3) is 0 Å². The smallest absolute Gasteiger partial charge is 0.330 e. The van der Waals surface area contributed by atoms with Crippen molar-refractivity contribution in [1.29, 1.82) is 0 Å². The number of hydrogen-bond donors (Lipinski definition) is 7. The number of allylic oxidation sites excluding steroid dienone is 1. The van der Waals surface area contributed by atoms with Crippen molar-refractivity contribution in [3.05, 3.63) is 12.2 Å². The van der Waals surface area contributed by atoms with Crippen LogP contribution in [-0.2, 0) is 28.5 Å². The molecule has 0 aromatic heterocycles. The summed E-state index contributed by atoms with van der Waals surface area (Å²) in [5.41, 5.74) is 0. The molecule has 0 aliphatic carbocycles. The molecule has 2 saturated heterocycles. The average molecular weight is 553 g/mol. The van der Waals surface area contributed by atoms with Gasteiger partial charge in [0.15, 0.2) is 12.6 Å². The van der Waals surface area contributed by atoms with Crippen molar-refractivity contribution in [3.8, 4) is 0 Å². The second kappa shape index (κ2) is 16.8. The number of carbonyl (C=O) groups is 1. The summed E-state index contributed by atoms with van der Waals surface area (Å²) < 4.78 is 27.4. The summed E-state index contributed by atoms with van der Waals surface area (Å²) in [6.07, 6.45) is -6.92. The maximum Gasteiger partial charge on any atom is 0.330 e. The second-order valence-corrected chi connectivity index (χ2v) is 9.60. The fraction of sp³-hybridized carbons (Fsp3) is 0.880. The topological polar surface area (TPSA) is 205 Å². The number of unbranched alkanes of at least 4 members (excludes halogenated alkanes) is 4. The molecular weight excluding hydrogens is 508 g/mol. The lowest BCUT2D eigenvalue weighted by Gasteiger charge is -2.46. The quantitative estimate of drug-likeness (QED) is 0.0701. The average Bonchev–Trinajstić information content (AvgIpc) is 2.89. The van der Waals surface area contributed by atoms with Crippen LogP contribution in [0.3, 0.4) is 0 Å². The highest BCUT2D eigenvalue weighted by Crippen LogP contribution is 2.30. The Kier molecular flexibility index (Phi) is 14.6. The van der Waals surface area contributed by atoms with E-state index in [0.29, 0.717) is 13.0 Å².